The first-order valence-electron chi connectivity index (χ1n) is 8.51. The van der Waals surface area contributed by atoms with Crippen molar-refractivity contribution in [1.82, 2.24) is 4.90 Å². The molecule has 0 aromatic heterocycles. The Morgan fingerprint density at radius 1 is 1.28 bits per heavy atom. The number of ether oxygens (including phenoxy) is 3. The molecule has 0 saturated carbocycles. The number of carbonyl (C=O) groups is 1. The van der Waals surface area contributed by atoms with Gasteiger partial charge in [-0.25, -0.2) is 0 Å². The van der Waals surface area contributed by atoms with Crippen LogP contribution in [0.5, 0.6) is 5.75 Å². The molecule has 1 aliphatic rings. The molecule has 1 amide bonds. The van der Waals surface area contributed by atoms with Gasteiger partial charge in [0.05, 0.1) is 13.7 Å². The van der Waals surface area contributed by atoms with Gasteiger partial charge >= 0.3 is 0 Å². The van der Waals surface area contributed by atoms with Crippen molar-refractivity contribution in [1.29, 1.82) is 0 Å². The Bertz CT molecular complexity index is 582. The highest BCUT2D eigenvalue weighted by Gasteiger charge is 2.29. The summed E-state index contributed by atoms with van der Waals surface area (Å²) in [7, 11) is 5.02. The summed E-state index contributed by atoms with van der Waals surface area (Å²) >= 11 is 0. The van der Waals surface area contributed by atoms with E-state index in [4.69, 9.17) is 19.3 Å². The number of allylic oxidation sites excluding steroid dienone is 1. The summed E-state index contributed by atoms with van der Waals surface area (Å²) in [5.41, 5.74) is 1.08. The van der Waals surface area contributed by atoms with Crippen LogP contribution in [0.25, 0.3) is 0 Å². The van der Waals surface area contributed by atoms with E-state index in [1.54, 1.807) is 21.2 Å². The summed E-state index contributed by atoms with van der Waals surface area (Å²) in [4.78, 5) is 13.8. The third kappa shape index (κ3) is 5.47. The van der Waals surface area contributed by atoms with Gasteiger partial charge in [-0.2, -0.15) is 0 Å². The second-order valence-electron chi connectivity index (χ2n) is 6.19. The largest absolute Gasteiger partial charge is 0.497 e. The lowest BCUT2D eigenvalue weighted by Crippen LogP contribution is -2.32. The molecular formula is C19H27NO5. The van der Waals surface area contributed by atoms with Crippen molar-refractivity contribution in [2.75, 3.05) is 34.4 Å². The zero-order chi connectivity index (χ0) is 18.2. The highest BCUT2D eigenvalue weighted by molar-refractivity contribution is 5.91. The maximum Gasteiger partial charge on any atom is 0.288 e. The summed E-state index contributed by atoms with van der Waals surface area (Å²) in [6.45, 7) is 0.637. The van der Waals surface area contributed by atoms with E-state index in [0.29, 0.717) is 25.2 Å². The average Bonchev–Trinajstić information content (AvgIpc) is 2.64. The number of unbranched alkanes of at least 4 members (excludes halogenated alkanes) is 1. The highest BCUT2D eigenvalue weighted by Crippen LogP contribution is 2.32. The molecule has 0 radical (unpaired) electrons. The maximum absolute atomic E-state index is 12.3. The number of benzene rings is 1. The van der Waals surface area contributed by atoms with Crippen LogP contribution in [0.3, 0.4) is 0 Å². The molecule has 2 rings (SSSR count). The molecule has 0 unspecified atom stereocenters. The number of rotatable bonds is 8. The molecule has 0 bridgehead atoms. The minimum absolute atomic E-state index is 0.0291. The Hall–Kier alpha value is -2.05. The van der Waals surface area contributed by atoms with Gasteiger partial charge in [0.25, 0.3) is 5.91 Å². The smallest absolute Gasteiger partial charge is 0.288 e. The van der Waals surface area contributed by atoms with Crippen LogP contribution in [0.4, 0.5) is 0 Å². The van der Waals surface area contributed by atoms with Gasteiger partial charge in [-0.1, -0.05) is 12.1 Å². The van der Waals surface area contributed by atoms with Crippen LogP contribution < -0.4 is 4.74 Å². The Kier molecular flexibility index (Phi) is 7.28. The Balaban J connectivity index is 2.14. The second kappa shape index (κ2) is 9.44. The van der Waals surface area contributed by atoms with Gasteiger partial charge < -0.3 is 24.2 Å². The van der Waals surface area contributed by atoms with Crippen molar-refractivity contribution >= 4 is 5.91 Å². The fourth-order valence-electron chi connectivity index (χ4n) is 2.64. The first kappa shape index (κ1) is 19.3. The summed E-state index contributed by atoms with van der Waals surface area (Å²) in [6, 6.07) is 7.80. The standard InChI is InChI=1S/C19H27NO5/c1-20(2)19(22)17-12-15(14-6-8-16(23-3)9-7-14)13-18(25-17)24-11-5-4-10-21/h6-9,12,15,18,21H,4-5,10-11,13H2,1-3H3/t15-,18+/m0/s1. The number of aliphatic hydroxyl groups excluding tert-OH is 1. The molecule has 0 spiro atoms. The topological polar surface area (TPSA) is 68.2 Å². The number of amides is 1. The van der Waals surface area contributed by atoms with Crippen molar-refractivity contribution in [3.05, 3.63) is 41.7 Å². The van der Waals surface area contributed by atoms with E-state index < -0.39 is 6.29 Å². The van der Waals surface area contributed by atoms with Crippen LogP contribution in [0.1, 0.15) is 30.7 Å². The van der Waals surface area contributed by atoms with Crippen LogP contribution >= 0.6 is 0 Å². The third-order valence-electron chi connectivity index (χ3n) is 4.07. The SMILES string of the molecule is COc1ccc([C@H]2C=C(C(=O)N(C)C)O[C@@H](OCCCCO)C2)cc1. The van der Waals surface area contributed by atoms with Crippen LogP contribution in [-0.4, -0.2) is 56.6 Å². The zero-order valence-corrected chi connectivity index (χ0v) is 15.1. The van der Waals surface area contributed by atoms with Crippen LogP contribution in [0, 0.1) is 0 Å². The average molecular weight is 349 g/mol. The van der Waals surface area contributed by atoms with E-state index in [9.17, 15) is 4.79 Å². The summed E-state index contributed by atoms with van der Waals surface area (Å²) in [5.74, 6) is 0.953. The predicted molar refractivity (Wildman–Crippen MR) is 94.3 cm³/mol. The minimum Gasteiger partial charge on any atom is -0.497 e. The Morgan fingerprint density at radius 2 is 2.00 bits per heavy atom. The number of carbonyl (C=O) groups excluding carboxylic acids is 1. The molecule has 25 heavy (non-hydrogen) atoms. The summed E-state index contributed by atoms with van der Waals surface area (Å²) < 4.78 is 16.7. The number of nitrogens with zero attached hydrogens (tertiary/aromatic N) is 1. The first-order valence-corrected chi connectivity index (χ1v) is 8.51. The molecule has 138 valence electrons. The number of hydrogen-bond donors (Lipinski definition) is 1. The third-order valence-corrected chi connectivity index (χ3v) is 4.07. The van der Waals surface area contributed by atoms with Crippen molar-refractivity contribution < 1.29 is 24.1 Å². The van der Waals surface area contributed by atoms with Gasteiger partial charge in [0, 0.05) is 33.0 Å². The number of likely N-dealkylation sites (N-methyl/N-ethyl adjacent to an activating group) is 1. The fraction of sp³-hybridized carbons (Fsp3) is 0.526. The monoisotopic (exact) mass is 349 g/mol. The first-order chi connectivity index (χ1) is 12.0. The lowest BCUT2D eigenvalue weighted by Gasteiger charge is -2.30. The van der Waals surface area contributed by atoms with Gasteiger partial charge in [0.2, 0.25) is 6.29 Å². The molecule has 1 N–H and O–H groups in total. The normalized spacial score (nSPS) is 19.8. The van der Waals surface area contributed by atoms with Crippen LogP contribution in [0.15, 0.2) is 36.1 Å². The molecule has 1 aromatic rings. The molecule has 0 aliphatic carbocycles. The molecule has 1 aliphatic heterocycles. The van der Waals surface area contributed by atoms with Gasteiger partial charge in [-0.05, 0) is 36.6 Å². The van der Waals surface area contributed by atoms with Crippen molar-refractivity contribution in [2.24, 2.45) is 0 Å². The lowest BCUT2D eigenvalue weighted by molar-refractivity contribution is -0.151. The van der Waals surface area contributed by atoms with Gasteiger partial charge in [-0.3, -0.25) is 4.79 Å². The summed E-state index contributed by atoms with van der Waals surface area (Å²) in [6.07, 6.45) is 3.46. The summed E-state index contributed by atoms with van der Waals surface area (Å²) in [5, 5.41) is 8.86. The molecular weight excluding hydrogens is 322 g/mol. The molecule has 0 fully saturated rings. The number of aliphatic hydroxyl groups is 1. The zero-order valence-electron chi connectivity index (χ0n) is 15.1. The van der Waals surface area contributed by atoms with Gasteiger partial charge in [0.15, 0.2) is 5.76 Å². The van der Waals surface area contributed by atoms with E-state index in [-0.39, 0.29) is 18.4 Å². The molecule has 0 saturated heterocycles. The van der Waals surface area contributed by atoms with E-state index in [2.05, 4.69) is 0 Å². The molecule has 1 aromatic carbocycles. The number of methoxy groups -OCH3 is 1. The van der Waals surface area contributed by atoms with Crippen LogP contribution in [0.2, 0.25) is 0 Å². The van der Waals surface area contributed by atoms with E-state index >= 15 is 0 Å². The van der Waals surface area contributed by atoms with E-state index in [1.165, 1.54) is 4.90 Å². The predicted octanol–water partition coefficient (Wildman–Crippen LogP) is 2.29. The quantitative estimate of drug-likeness (QED) is 0.729. The van der Waals surface area contributed by atoms with Crippen molar-refractivity contribution in [3.63, 3.8) is 0 Å². The Morgan fingerprint density at radius 3 is 2.60 bits per heavy atom. The lowest BCUT2D eigenvalue weighted by atomic mass is 9.93. The van der Waals surface area contributed by atoms with Crippen LogP contribution in [-0.2, 0) is 14.3 Å². The van der Waals surface area contributed by atoms with Crippen molar-refractivity contribution in [2.45, 2.75) is 31.5 Å². The maximum atomic E-state index is 12.3. The van der Waals surface area contributed by atoms with Crippen molar-refractivity contribution in [3.8, 4) is 5.75 Å². The molecule has 2 atom stereocenters. The Labute approximate surface area is 149 Å². The van der Waals surface area contributed by atoms with Gasteiger partial charge in [-0.15, -0.1) is 0 Å². The second-order valence-corrected chi connectivity index (χ2v) is 6.19. The fourth-order valence-corrected chi connectivity index (χ4v) is 2.64. The molecule has 6 heteroatoms. The minimum atomic E-state index is -0.477. The van der Waals surface area contributed by atoms with E-state index in [1.807, 2.05) is 30.3 Å². The molecule has 6 nitrogen and oxygen atoms in total. The van der Waals surface area contributed by atoms with E-state index in [0.717, 1.165) is 17.7 Å². The number of hydrogen-bond acceptors (Lipinski definition) is 5. The highest BCUT2D eigenvalue weighted by atomic mass is 16.7. The molecule has 1 heterocycles. The van der Waals surface area contributed by atoms with Gasteiger partial charge in [0.1, 0.15) is 5.75 Å².